The fourth-order valence-electron chi connectivity index (χ4n) is 3.40. The number of carbonyl (C=O) groups excluding carboxylic acids is 1. The topological polar surface area (TPSA) is 79.8 Å². The van der Waals surface area contributed by atoms with Gasteiger partial charge in [0, 0.05) is 44.1 Å². The van der Waals surface area contributed by atoms with Gasteiger partial charge in [-0.3, -0.25) is 9.59 Å². The number of amides is 1. The summed E-state index contributed by atoms with van der Waals surface area (Å²) in [6.45, 7) is 3.95. The molecule has 7 heteroatoms. The highest BCUT2D eigenvalue weighted by Gasteiger charge is 2.14. The predicted octanol–water partition coefficient (Wildman–Crippen LogP) is 4.41. The molecule has 0 atom stereocenters. The van der Waals surface area contributed by atoms with E-state index in [0.717, 1.165) is 26.6 Å². The molecule has 2 aromatic heterocycles. The summed E-state index contributed by atoms with van der Waals surface area (Å²) in [6.07, 6.45) is 0. The maximum atomic E-state index is 12.7. The molecule has 0 unspecified atom stereocenters. The fraction of sp³-hybridized carbons (Fsp3) is 0.136. The van der Waals surface area contributed by atoms with Crippen molar-refractivity contribution in [1.82, 2.24) is 14.5 Å². The van der Waals surface area contributed by atoms with Gasteiger partial charge in [0.25, 0.3) is 5.56 Å². The number of aryl methyl sites for hydroxylation is 1. The van der Waals surface area contributed by atoms with E-state index >= 15 is 0 Å². The molecule has 4 aromatic rings. The van der Waals surface area contributed by atoms with Crippen LogP contribution in [-0.4, -0.2) is 20.4 Å². The molecule has 29 heavy (non-hydrogen) atoms. The van der Waals surface area contributed by atoms with Crippen molar-refractivity contribution in [3.05, 3.63) is 80.8 Å². The number of halogens is 1. The zero-order valence-electron chi connectivity index (χ0n) is 16.0. The third-order valence-electron chi connectivity index (χ3n) is 4.75. The summed E-state index contributed by atoms with van der Waals surface area (Å²) in [5.41, 5.74) is 3.80. The Balaban J connectivity index is 1.59. The lowest BCUT2D eigenvalue weighted by atomic mass is 10.2. The van der Waals surface area contributed by atoms with Gasteiger partial charge in [-0.15, -0.1) is 0 Å². The van der Waals surface area contributed by atoms with E-state index in [0.29, 0.717) is 17.2 Å². The van der Waals surface area contributed by atoms with Gasteiger partial charge in [-0.05, 0) is 48.0 Å². The molecule has 0 aliphatic carbocycles. The average Bonchev–Trinajstić information content (AvgIpc) is 2.93. The number of nitrogens with one attached hydrogen (secondary N) is 2. The van der Waals surface area contributed by atoms with Crippen LogP contribution in [0.1, 0.15) is 11.4 Å². The van der Waals surface area contributed by atoms with Crippen molar-refractivity contribution in [2.75, 3.05) is 5.32 Å². The second-order valence-electron chi connectivity index (χ2n) is 6.87. The number of anilines is 1. The summed E-state index contributed by atoms with van der Waals surface area (Å²) in [4.78, 5) is 31.5. The molecule has 0 bridgehead atoms. The highest BCUT2D eigenvalue weighted by atomic mass is 79.9. The second-order valence-corrected chi connectivity index (χ2v) is 7.66. The van der Waals surface area contributed by atoms with E-state index in [9.17, 15) is 9.59 Å². The monoisotopic (exact) mass is 450 g/mol. The minimum atomic E-state index is -0.206. The molecule has 0 saturated heterocycles. The molecule has 1 amide bonds. The van der Waals surface area contributed by atoms with Crippen molar-refractivity contribution in [3.63, 3.8) is 0 Å². The van der Waals surface area contributed by atoms with Crippen LogP contribution in [-0.2, 0) is 11.3 Å². The first-order chi connectivity index (χ1) is 13.9. The Morgan fingerprint density at radius 3 is 2.72 bits per heavy atom. The SMILES string of the molecule is Cc1cc(=O)[nH]c(-c2cccc(NC(=O)Cn3c(C)c(Br)c4ccccc43)c2)n1. The molecule has 0 spiro atoms. The normalized spacial score (nSPS) is 11.0. The van der Waals surface area contributed by atoms with Gasteiger partial charge >= 0.3 is 0 Å². The zero-order chi connectivity index (χ0) is 20.5. The van der Waals surface area contributed by atoms with E-state index in [4.69, 9.17) is 0 Å². The Morgan fingerprint density at radius 2 is 1.93 bits per heavy atom. The standard InChI is InChI=1S/C22H19BrN4O2/c1-13-10-19(28)26-22(24-13)15-6-5-7-16(11-15)25-20(29)12-27-14(2)21(23)17-8-3-4-9-18(17)27/h3-11H,12H2,1-2H3,(H,25,29)(H,24,26,28). The number of aromatic amines is 1. The van der Waals surface area contributed by atoms with E-state index in [-0.39, 0.29) is 18.0 Å². The molecule has 2 aromatic carbocycles. The van der Waals surface area contributed by atoms with E-state index in [2.05, 4.69) is 31.2 Å². The first kappa shape index (κ1) is 19.1. The van der Waals surface area contributed by atoms with E-state index in [1.807, 2.05) is 54.0 Å². The Labute approximate surface area is 175 Å². The molecule has 2 N–H and O–H groups in total. The number of rotatable bonds is 4. The molecule has 6 nitrogen and oxygen atoms in total. The fourth-order valence-corrected chi connectivity index (χ4v) is 3.95. The minimum Gasteiger partial charge on any atom is -0.334 e. The summed E-state index contributed by atoms with van der Waals surface area (Å²) in [5, 5.41) is 4.01. The maximum Gasteiger partial charge on any atom is 0.251 e. The third kappa shape index (κ3) is 3.86. The van der Waals surface area contributed by atoms with Crippen LogP contribution in [0.3, 0.4) is 0 Å². The van der Waals surface area contributed by atoms with Crippen LogP contribution in [0, 0.1) is 13.8 Å². The van der Waals surface area contributed by atoms with Crippen LogP contribution in [0.5, 0.6) is 0 Å². The van der Waals surface area contributed by atoms with Gasteiger partial charge in [0.1, 0.15) is 12.4 Å². The summed E-state index contributed by atoms with van der Waals surface area (Å²) >= 11 is 3.62. The van der Waals surface area contributed by atoms with Crippen molar-refractivity contribution in [1.29, 1.82) is 0 Å². The maximum absolute atomic E-state index is 12.7. The van der Waals surface area contributed by atoms with Crippen molar-refractivity contribution < 1.29 is 4.79 Å². The molecule has 0 fully saturated rings. The lowest BCUT2D eigenvalue weighted by Gasteiger charge is -2.10. The number of hydrogen-bond donors (Lipinski definition) is 2. The number of H-pyrrole nitrogens is 1. The summed E-state index contributed by atoms with van der Waals surface area (Å²) in [7, 11) is 0. The molecule has 0 aliphatic rings. The van der Waals surface area contributed by atoms with Crippen LogP contribution in [0.25, 0.3) is 22.3 Å². The molecule has 2 heterocycles. The highest BCUT2D eigenvalue weighted by Crippen LogP contribution is 2.30. The molecular weight excluding hydrogens is 432 g/mol. The molecule has 0 aliphatic heterocycles. The average molecular weight is 451 g/mol. The predicted molar refractivity (Wildman–Crippen MR) is 118 cm³/mol. The molecule has 146 valence electrons. The Hall–Kier alpha value is -3.19. The van der Waals surface area contributed by atoms with E-state index < -0.39 is 0 Å². The van der Waals surface area contributed by atoms with Crippen LogP contribution >= 0.6 is 15.9 Å². The zero-order valence-corrected chi connectivity index (χ0v) is 17.6. The molecule has 0 saturated carbocycles. The Kier molecular flexibility index (Phi) is 5.07. The van der Waals surface area contributed by atoms with Crippen molar-refractivity contribution >= 4 is 38.4 Å². The summed E-state index contributed by atoms with van der Waals surface area (Å²) < 4.78 is 2.98. The highest BCUT2D eigenvalue weighted by molar-refractivity contribution is 9.10. The number of carbonyl (C=O) groups is 1. The first-order valence-electron chi connectivity index (χ1n) is 9.14. The number of aromatic nitrogens is 3. The van der Waals surface area contributed by atoms with Crippen LogP contribution in [0.15, 0.2) is 63.9 Å². The largest absolute Gasteiger partial charge is 0.334 e. The van der Waals surface area contributed by atoms with Gasteiger partial charge < -0.3 is 14.9 Å². The van der Waals surface area contributed by atoms with Gasteiger partial charge in [-0.2, -0.15) is 0 Å². The number of para-hydroxylation sites is 1. The van der Waals surface area contributed by atoms with Gasteiger partial charge in [0.05, 0.1) is 0 Å². The first-order valence-corrected chi connectivity index (χ1v) is 9.93. The molecular formula is C22H19BrN4O2. The second kappa shape index (κ2) is 7.67. The molecule has 0 radical (unpaired) electrons. The smallest absolute Gasteiger partial charge is 0.251 e. The van der Waals surface area contributed by atoms with Gasteiger partial charge in [-0.25, -0.2) is 4.98 Å². The van der Waals surface area contributed by atoms with Gasteiger partial charge in [0.2, 0.25) is 5.91 Å². The van der Waals surface area contributed by atoms with Crippen molar-refractivity contribution in [3.8, 4) is 11.4 Å². The van der Waals surface area contributed by atoms with Crippen molar-refractivity contribution in [2.24, 2.45) is 0 Å². The number of hydrogen-bond acceptors (Lipinski definition) is 3. The van der Waals surface area contributed by atoms with Crippen molar-refractivity contribution in [2.45, 2.75) is 20.4 Å². The third-order valence-corrected chi connectivity index (χ3v) is 5.75. The number of benzene rings is 2. The summed E-state index contributed by atoms with van der Waals surface area (Å²) in [5.74, 6) is 0.339. The van der Waals surface area contributed by atoms with Crippen LogP contribution in [0.2, 0.25) is 0 Å². The Morgan fingerprint density at radius 1 is 1.14 bits per heavy atom. The van der Waals surface area contributed by atoms with E-state index in [1.165, 1.54) is 6.07 Å². The Bertz CT molecular complexity index is 1290. The van der Waals surface area contributed by atoms with Crippen LogP contribution < -0.4 is 10.9 Å². The van der Waals surface area contributed by atoms with Gasteiger partial charge in [0.15, 0.2) is 0 Å². The van der Waals surface area contributed by atoms with Gasteiger partial charge in [-0.1, -0.05) is 30.3 Å². The minimum absolute atomic E-state index is 0.135. The lowest BCUT2D eigenvalue weighted by Crippen LogP contribution is -2.19. The summed E-state index contributed by atoms with van der Waals surface area (Å²) in [6, 6.07) is 16.7. The quantitative estimate of drug-likeness (QED) is 0.483. The molecule has 4 rings (SSSR count). The number of nitrogens with zero attached hydrogens (tertiary/aromatic N) is 2. The van der Waals surface area contributed by atoms with E-state index in [1.54, 1.807) is 13.0 Å². The lowest BCUT2D eigenvalue weighted by molar-refractivity contribution is -0.116. The van der Waals surface area contributed by atoms with Crippen LogP contribution in [0.4, 0.5) is 5.69 Å². The number of fused-ring (bicyclic) bond motifs is 1.